The second kappa shape index (κ2) is 9.84. The van der Waals surface area contributed by atoms with E-state index in [0.29, 0.717) is 12.1 Å². The summed E-state index contributed by atoms with van der Waals surface area (Å²) >= 11 is 6.23. The summed E-state index contributed by atoms with van der Waals surface area (Å²) in [6, 6.07) is 4.81. The number of alkyl halides is 3. The Balaban J connectivity index is 1.82. The lowest BCUT2D eigenvalue weighted by molar-refractivity contribution is -0.137. The summed E-state index contributed by atoms with van der Waals surface area (Å²) in [5, 5.41) is 15.0. The van der Waals surface area contributed by atoms with E-state index in [2.05, 4.69) is 15.6 Å². The molecular formula is C25H19ClF5N3O4. The SMILES string of the molecule is CC(C)(O)COc1cc(NC(=O)c2cc(F)cc(C(F)(F)F)c2)c2c(n1)C(=O)NC2c1cc(F)ccc1Cl. The Labute approximate surface area is 217 Å². The molecule has 38 heavy (non-hydrogen) atoms. The average molecular weight is 556 g/mol. The number of fused-ring (bicyclic) bond motifs is 1. The number of aromatic nitrogens is 1. The number of halogens is 6. The predicted molar refractivity (Wildman–Crippen MR) is 126 cm³/mol. The van der Waals surface area contributed by atoms with Crippen LogP contribution in [-0.4, -0.2) is 34.1 Å². The molecule has 0 saturated carbocycles. The average Bonchev–Trinajstić information content (AvgIpc) is 3.14. The van der Waals surface area contributed by atoms with Gasteiger partial charge in [0.2, 0.25) is 5.88 Å². The molecule has 0 spiro atoms. The van der Waals surface area contributed by atoms with Gasteiger partial charge in [-0.25, -0.2) is 13.8 Å². The Kier molecular flexibility index (Phi) is 7.06. The summed E-state index contributed by atoms with van der Waals surface area (Å²) in [4.78, 5) is 29.9. The van der Waals surface area contributed by atoms with E-state index < -0.39 is 52.4 Å². The standard InChI is InChI=1S/C25H19ClF5N3O4/c1-24(2,37)10-38-18-9-17(32-22(35)11-5-12(25(29,30)31)7-14(28)6-11)19-20(34-23(36)21(19)33-18)15-8-13(27)3-4-16(15)26/h3-9,20,37H,10H2,1-2H3,(H,34,36)(H,32,33,35). The van der Waals surface area contributed by atoms with Crippen LogP contribution < -0.4 is 15.4 Å². The van der Waals surface area contributed by atoms with Crippen molar-refractivity contribution in [1.82, 2.24) is 10.3 Å². The molecule has 1 aliphatic rings. The van der Waals surface area contributed by atoms with Crippen molar-refractivity contribution in [2.24, 2.45) is 0 Å². The molecule has 7 nitrogen and oxygen atoms in total. The quantitative estimate of drug-likeness (QED) is 0.360. The predicted octanol–water partition coefficient (Wildman–Crippen LogP) is 5.27. The number of benzene rings is 2. The minimum atomic E-state index is -4.91. The van der Waals surface area contributed by atoms with Gasteiger partial charge in [-0.1, -0.05) is 11.6 Å². The Morgan fingerprint density at radius 2 is 1.84 bits per heavy atom. The number of hydrogen-bond acceptors (Lipinski definition) is 5. The summed E-state index contributed by atoms with van der Waals surface area (Å²) in [6.45, 7) is 2.62. The van der Waals surface area contributed by atoms with Crippen LogP contribution in [0.5, 0.6) is 5.88 Å². The number of carbonyl (C=O) groups excluding carboxylic acids is 2. The normalized spacial score (nSPS) is 15.2. The van der Waals surface area contributed by atoms with Gasteiger partial charge in [0.1, 0.15) is 23.9 Å². The van der Waals surface area contributed by atoms with E-state index in [1.807, 2.05) is 0 Å². The number of hydrogen-bond donors (Lipinski definition) is 3. The number of rotatable bonds is 6. The first-order valence-corrected chi connectivity index (χ1v) is 11.4. The van der Waals surface area contributed by atoms with E-state index in [1.165, 1.54) is 26.0 Å². The summed E-state index contributed by atoms with van der Waals surface area (Å²) in [6.07, 6.45) is -4.91. The first-order chi connectivity index (χ1) is 17.6. The number of nitrogens with one attached hydrogen (secondary N) is 2. The van der Waals surface area contributed by atoms with Crippen LogP contribution in [0, 0.1) is 11.6 Å². The van der Waals surface area contributed by atoms with Crippen molar-refractivity contribution in [2.75, 3.05) is 11.9 Å². The molecule has 200 valence electrons. The van der Waals surface area contributed by atoms with E-state index in [4.69, 9.17) is 16.3 Å². The molecule has 2 heterocycles. The number of aliphatic hydroxyl groups is 1. The topological polar surface area (TPSA) is 101 Å². The summed E-state index contributed by atoms with van der Waals surface area (Å²) in [7, 11) is 0. The van der Waals surface area contributed by atoms with Crippen LogP contribution in [0.1, 0.15) is 57.4 Å². The minimum absolute atomic E-state index is 0.0268. The van der Waals surface area contributed by atoms with Crippen LogP contribution in [0.2, 0.25) is 5.02 Å². The molecule has 2 amide bonds. The third-order valence-electron chi connectivity index (χ3n) is 5.39. The highest BCUT2D eigenvalue weighted by molar-refractivity contribution is 6.31. The number of carbonyl (C=O) groups is 2. The van der Waals surface area contributed by atoms with Gasteiger partial charge < -0.3 is 20.5 Å². The number of nitrogens with zero attached hydrogens (tertiary/aromatic N) is 1. The zero-order valence-corrected chi connectivity index (χ0v) is 20.5. The summed E-state index contributed by atoms with van der Waals surface area (Å²) < 4.78 is 72.9. The van der Waals surface area contributed by atoms with Gasteiger partial charge in [0.25, 0.3) is 11.8 Å². The second-order valence-corrected chi connectivity index (χ2v) is 9.53. The maximum absolute atomic E-state index is 14.0. The number of ether oxygens (including phenoxy) is 1. The van der Waals surface area contributed by atoms with Gasteiger partial charge in [0.15, 0.2) is 0 Å². The first-order valence-electron chi connectivity index (χ1n) is 11.0. The first kappa shape index (κ1) is 27.3. The smallest absolute Gasteiger partial charge is 0.416 e. The van der Waals surface area contributed by atoms with E-state index in [0.717, 1.165) is 12.1 Å². The van der Waals surface area contributed by atoms with Crippen LogP contribution in [-0.2, 0) is 6.18 Å². The molecule has 1 atom stereocenters. The van der Waals surface area contributed by atoms with Crippen LogP contribution in [0.3, 0.4) is 0 Å². The highest BCUT2D eigenvalue weighted by atomic mass is 35.5. The fraction of sp³-hybridized carbons (Fsp3) is 0.240. The lowest BCUT2D eigenvalue weighted by atomic mass is 9.98. The molecule has 3 N–H and O–H groups in total. The molecule has 1 aliphatic heterocycles. The van der Waals surface area contributed by atoms with Crippen molar-refractivity contribution in [2.45, 2.75) is 31.7 Å². The van der Waals surface area contributed by atoms with E-state index >= 15 is 0 Å². The Hall–Kier alpha value is -3.77. The third-order valence-corrected chi connectivity index (χ3v) is 5.74. The van der Waals surface area contributed by atoms with Crippen LogP contribution in [0.4, 0.5) is 27.6 Å². The van der Waals surface area contributed by atoms with Crippen molar-refractivity contribution >= 4 is 29.1 Å². The highest BCUT2D eigenvalue weighted by Gasteiger charge is 2.37. The maximum atomic E-state index is 14.0. The molecule has 1 aromatic heterocycles. The lowest BCUT2D eigenvalue weighted by Gasteiger charge is -2.20. The van der Waals surface area contributed by atoms with Crippen molar-refractivity contribution < 1.29 is 41.4 Å². The van der Waals surface area contributed by atoms with Crippen molar-refractivity contribution in [3.63, 3.8) is 0 Å². The Morgan fingerprint density at radius 3 is 2.50 bits per heavy atom. The maximum Gasteiger partial charge on any atom is 0.416 e. The number of anilines is 1. The molecule has 3 aromatic rings. The fourth-order valence-electron chi connectivity index (χ4n) is 3.74. The van der Waals surface area contributed by atoms with E-state index in [-0.39, 0.29) is 46.1 Å². The Morgan fingerprint density at radius 1 is 1.13 bits per heavy atom. The van der Waals surface area contributed by atoms with Crippen molar-refractivity contribution in [3.8, 4) is 5.88 Å². The van der Waals surface area contributed by atoms with E-state index in [1.54, 1.807) is 0 Å². The molecule has 0 bridgehead atoms. The highest BCUT2D eigenvalue weighted by Crippen LogP contribution is 2.40. The monoisotopic (exact) mass is 555 g/mol. The molecule has 0 fully saturated rings. The van der Waals surface area contributed by atoms with Crippen LogP contribution in [0.25, 0.3) is 0 Å². The van der Waals surface area contributed by atoms with Gasteiger partial charge >= 0.3 is 6.18 Å². The largest absolute Gasteiger partial charge is 0.475 e. The second-order valence-electron chi connectivity index (χ2n) is 9.12. The molecule has 0 saturated heterocycles. The number of amides is 2. The van der Waals surface area contributed by atoms with Gasteiger partial charge in [-0.05, 0) is 50.2 Å². The van der Waals surface area contributed by atoms with Crippen LogP contribution >= 0.6 is 11.6 Å². The minimum Gasteiger partial charge on any atom is -0.475 e. The zero-order chi connectivity index (χ0) is 28.0. The molecule has 2 aromatic carbocycles. The van der Waals surface area contributed by atoms with Crippen molar-refractivity contribution in [3.05, 3.63) is 87.1 Å². The lowest BCUT2D eigenvalue weighted by Crippen LogP contribution is -2.28. The molecule has 1 unspecified atom stereocenters. The third kappa shape index (κ3) is 5.86. The van der Waals surface area contributed by atoms with Gasteiger partial charge in [-0.15, -0.1) is 0 Å². The molecule has 13 heteroatoms. The summed E-state index contributed by atoms with van der Waals surface area (Å²) in [5.41, 5.74) is -3.58. The molecular weight excluding hydrogens is 537 g/mol. The zero-order valence-electron chi connectivity index (χ0n) is 19.7. The fourth-order valence-corrected chi connectivity index (χ4v) is 3.97. The van der Waals surface area contributed by atoms with E-state index in [9.17, 15) is 36.6 Å². The molecule has 4 rings (SSSR count). The molecule has 0 aliphatic carbocycles. The van der Waals surface area contributed by atoms with Crippen LogP contribution in [0.15, 0.2) is 42.5 Å². The van der Waals surface area contributed by atoms with Crippen molar-refractivity contribution in [1.29, 1.82) is 0 Å². The number of pyridine rings is 1. The van der Waals surface area contributed by atoms with Gasteiger partial charge in [0, 0.05) is 27.8 Å². The summed E-state index contributed by atoms with van der Waals surface area (Å²) in [5.74, 6) is -4.05. The molecule has 0 radical (unpaired) electrons. The Bertz CT molecular complexity index is 1440. The van der Waals surface area contributed by atoms with Gasteiger partial charge in [-0.3, -0.25) is 9.59 Å². The van der Waals surface area contributed by atoms with Gasteiger partial charge in [0.05, 0.1) is 22.9 Å². The van der Waals surface area contributed by atoms with Gasteiger partial charge in [-0.2, -0.15) is 13.2 Å².